The zero-order chi connectivity index (χ0) is 13.7. The summed E-state index contributed by atoms with van der Waals surface area (Å²) in [6, 6.07) is 8.51. The van der Waals surface area contributed by atoms with Crippen molar-refractivity contribution in [3.8, 4) is 0 Å². The van der Waals surface area contributed by atoms with Crippen LogP contribution < -0.4 is 5.32 Å². The maximum Gasteiger partial charge on any atom is 0.0498 e. The van der Waals surface area contributed by atoms with Crippen molar-refractivity contribution in [2.45, 2.75) is 33.2 Å². The lowest BCUT2D eigenvalue weighted by Crippen LogP contribution is -2.27. The second-order valence-corrected chi connectivity index (χ2v) is 6.32. The van der Waals surface area contributed by atoms with Crippen molar-refractivity contribution in [1.29, 1.82) is 0 Å². The van der Waals surface area contributed by atoms with Gasteiger partial charge in [0, 0.05) is 30.8 Å². The Morgan fingerprint density at radius 2 is 1.89 bits per heavy atom. The van der Waals surface area contributed by atoms with Gasteiger partial charge in [0.1, 0.15) is 0 Å². The summed E-state index contributed by atoms with van der Waals surface area (Å²) in [6.07, 6.45) is 2.65. The molecule has 1 fully saturated rings. The molecule has 2 rings (SSSR count). The molecule has 0 radical (unpaired) electrons. The van der Waals surface area contributed by atoms with Crippen LogP contribution in [0.4, 0.5) is 5.69 Å². The zero-order valence-corrected chi connectivity index (χ0v) is 12.2. The van der Waals surface area contributed by atoms with Crippen molar-refractivity contribution in [1.82, 2.24) is 4.90 Å². The van der Waals surface area contributed by atoms with Gasteiger partial charge in [-0.1, -0.05) is 32.0 Å². The van der Waals surface area contributed by atoms with Crippen molar-refractivity contribution in [2.24, 2.45) is 5.41 Å². The average molecular weight is 262 g/mol. The molecule has 0 saturated carbocycles. The van der Waals surface area contributed by atoms with Gasteiger partial charge in [0.2, 0.25) is 0 Å². The second kappa shape index (κ2) is 6.40. The Balaban J connectivity index is 1.99. The third-order valence-electron chi connectivity index (χ3n) is 3.80. The van der Waals surface area contributed by atoms with Crippen molar-refractivity contribution in [3.05, 3.63) is 29.8 Å². The molecule has 1 aliphatic rings. The normalized spacial score (nSPS) is 16.8. The molecular formula is C16H26N2O. The van der Waals surface area contributed by atoms with Crippen molar-refractivity contribution < 1.29 is 5.11 Å². The number of rotatable bonds is 6. The molecule has 0 aromatic heterocycles. The Labute approximate surface area is 116 Å². The van der Waals surface area contributed by atoms with E-state index in [0.29, 0.717) is 0 Å². The Bertz CT molecular complexity index is 397. The van der Waals surface area contributed by atoms with E-state index in [4.69, 9.17) is 0 Å². The van der Waals surface area contributed by atoms with Gasteiger partial charge in [0.05, 0.1) is 0 Å². The molecular weight excluding hydrogens is 236 g/mol. The first kappa shape index (κ1) is 14.4. The first-order valence-electron chi connectivity index (χ1n) is 7.26. The van der Waals surface area contributed by atoms with Gasteiger partial charge in [-0.05, 0) is 37.6 Å². The van der Waals surface area contributed by atoms with E-state index in [9.17, 15) is 5.11 Å². The highest BCUT2D eigenvalue weighted by molar-refractivity contribution is 5.51. The van der Waals surface area contributed by atoms with Crippen LogP contribution in [-0.4, -0.2) is 36.2 Å². The molecule has 1 saturated heterocycles. The van der Waals surface area contributed by atoms with Crippen LogP contribution in [0.3, 0.4) is 0 Å². The monoisotopic (exact) mass is 262 g/mol. The molecule has 1 aromatic rings. The molecule has 3 nitrogen and oxygen atoms in total. The minimum atomic E-state index is -0.0826. The van der Waals surface area contributed by atoms with Crippen molar-refractivity contribution in [3.63, 3.8) is 0 Å². The van der Waals surface area contributed by atoms with E-state index in [0.717, 1.165) is 13.1 Å². The Hall–Kier alpha value is -1.06. The van der Waals surface area contributed by atoms with Crippen LogP contribution in [0.5, 0.6) is 0 Å². The fourth-order valence-electron chi connectivity index (χ4n) is 2.40. The second-order valence-electron chi connectivity index (χ2n) is 6.32. The van der Waals surface area contributed by atoms with E-state index in [1.54, 1.807) is 0 Å². The van der Waals surface area contributed by atoms with Gasteiger partial charge in [-0.15, -0.1) is 0 Å². The maximum absolute atomic E-state index is 9.32. The van der Waals surface area contributed by atoms with Crippen molar-refractivity contribution >= 4 is 5.69 Å². The summed E-state index contributed by atoms with van der Waals surface area (Å²) in [5.74, 6) is 0. The number of likely N-dealkylation sites (tertiary alicyclic amines) is 1. The van der Waals surface area contributed by atoms with Crippen LogP contribution in [0.1, 0.15) is 32.3 Å². The summed E-state index contributed by atoms with van der Waals surface area (Å²) < 4.78 is 0. The first-order chi connectivity index (χ1) is 9.11. The number of benzene rings is 1. The largest absolute Gasteiger partial charge is 0.396 e. The highest BCUT2D eigenvalue weighted by Crippen LogP contribution is 2.22. The van der Waals surface area contributed by atoms with Crippen LogP contribution in [-0.2, 0) is 6.54 Å². The fraction of sp³-hybridized carbons (Fsp3) is 0.625. The van der Waals surface area contributed by atoms with E-state index < -0.39 is 0 Å². The topological polar surface area (TPSA) is 35.5 Å². The molecule has 106 valence electrons. The Kier molecular flexibility index (Phi) is 4.83. The van der Waals surface area contributed by atoms with E-state index >= 15 is 0 Å². The fourth-order valence-corrected chi connectivity index (χ4v) is 2.40. The van der Waals surface area contributed by atoms with E-state index in [2.05, 4.69) is 48.3 Å². The van der Waals surface area contributed by atoms with Crippen LogP contribution in [0.15, 0.2) is 24.3 Å². The van der Waals surface area contributed by atoms with Crippen LogP contribution in [0.25, 0.3) is 0 Å². The summed E-state index contributed by atoms with van der Waals surface area (Å²) in [6.45, 7) is 8.61. The summed E-state index contributed by atoms with van der Waals surface area (Å²) in [5.41, 5.74) is 2.48. The summed E-state index contributed by atoms with van der Waals surface area (Å²) >= 11 is 0. The molecule has 1 aromatic carbocycles. The van der Waals surface area contributed by atoms with Gasteiger partial charge in [-0.2, -0.15) is 0 Å². The van der Waals surface area contributed by atoms with E-state index in [1.807, 2.05) is 0 Å². The number of hydrogen-bond acceptors (Lipinski definition) is 3. The molecule has 19 heavy (non-hydrogen) atoms. The number of anilines is 1. The Morgan fingerprint density at radius 3 is 2.58 bits per heavy atom. The van der Waals surface area contributed by atoms with Gasteiger partial charge in [-0.3, -0.25) is 4.90 Å². The highest BCUT2D eigenvalue weighted by atomic mass is 16.3. The number of aliphatic hydroxyl groups excluding tert-OH is 1. The standard InChI is InChI=1S/C16H26N2O/c1-16(2,13-19)12-17-15-8-4-3-7-14(15)11-18-9-5-6-10-18/h3-4,7-8,17,19H,5-6,9-13H2,1-2H3. The van der Waals surface area contributed by atoms with Crippen LogP contribution in [0, 0.1) is 5.41 Å². The van der Waals surface area contributed by atoms with Gasteiger partial charge < -0.3 is 10.4 Å². The highest BCUT2D eigenvalue weighted by Gasteiger charge is 2.17. The molecule has 0 unspecified atom stereocenters. The molecule has 0 spiro atoms. The lowest BCUT2D eigenvalue weighted by Gasteiger charge is -2.24. The van der Waals surface area contributed by atoms with Gasteiger partial charge in [0.15, 0.2) is 0 Å². The minimum absolute atomic E-state index is 0.0826. The lowest BCUT2D eigenvalue weighted by molar-refractivity contribution is 0.171. The summed E-state index contributed by atoms with van der Waals surface area (Å²) in [4.78, 5) is 2.51. The van der Waals surface area contributed by atoms with Gasteiger partial charge in [-0.25, -0.2) is 0 Å². The summed E-state index contributed by atoms with van der Waals surface area (Å²) in [5, 5.41) is 12.8. The minimum Gasteiger partial charge on any atom is -0.396 e. The summed E-state index contributed by atoms with van der Waals surface area (Å²) in [7, 11) is 0. The van der Waals surface area contributed by atoms with Crippen molar-refractivity contribution in [2.75, 3.05) is 31.6 Å². The SMILES string of the molecule is CC(C)(CO)CNc1ccccc1CN1CCCC1. The number of hydrogen-bond donors (Lipinski definition) is 2. The molecule has 3 heteroatoms. The molecule has 1 aliphatic heterocycles. The molecule has 2 N–H and O–H groups in total. The predicted molar refractivity (Wildman–Crippen MR) is 80.3 cm³/mol. The van der Waals surface area contributed by atoms with Crippen LogP contribution >= 0.6 is 0 Å². The third kappa shape index (κ3) is 4.22. The molecule has 1 heterocycles. The molecule has 0 bridgehead atoms. The average Bonchev–Trinajstić information content (AvgIpc) is 2.91. The lowest BCUT2D eigenvalue weighted by atomic mass is 9.95. The number of nitrogens with zero attached hydrogens (tertiary/aromatic N) is 1. The quantitative estimate of drug-likeness (QED) is 0.827. The zero-order valence-electron chi connectivity index (χ0n) is 12.2. The van der Waals surface area contributed by atoms with Crippen LogP contribution in [0.2, 0.25) is 0 Å². The van der Waals surface area contributed by atoms with Gasteiger partial charge in [0.25, 0.3) is 0 Å². The van der Waals surface area contributed by atoms with E-state index in [-0.39, 0.29) is 12.0 Å². The Morgan fingerprint density at radius 1 is 1.21 bits per heavy atom. The molecule has 0 amide bonds. The van der Waals surface area contributed by atoms with Gasteiger partial charge >= 0.3 is 0 Å². The predicted octanol–water partition coefficient (Wildman–Crippen LogP) is 2.71. The van der Waals surface area contributed by atoms with E-state index in [1.165, 1.54) is 37.2 Å². The smallest absolute Gasteiger partial charge is 0.0498 e. The third-order valence-corrected chi connectivity index (χ3v) is 3.80. The maximum atomic E-state index is 9.32. The number of aliphatic hydroxyl groups is 1. The molecule has 0 atom stereocenters. The molecule has 0 aliphatic carbocycles. The number of para-hydroxylation sites is 1. The first-order valence-corrected chi connectivity index (χ1v) is 7.26. The number of nitrogens with one attached hydrogen (secondary N) is 1.